The molecule has 33 heavy (non-hydrogen) atoms. The molecule has 9 heteroatoms. The second kappa shape index (κ2) is 8.76. The van der Waals surface area contributed by atoms with Gasteiger partial charge in [-0.3, -0.25) is 19.6 Å². The second-order valence-electron chi connectivity index (χ2n) is 7.65. The average molecular weight is 475 g/mol. The van der Waals surface area contributed by atoms with E-state index in [1.165, 1.54) is 11.8 Å². The second-order valence-corrected chi connectivity index (χ2v) is 9.36. The third kappa shape index (κ3) is 4.50. The number of thioether (sulfide) groups is 1. The van der Waals surface area contributed by atoms with Crippen molar-refractivity contribution in [3.05, 3.63) is 76.6 Å². The molecule has 1 saturated heterocycles. The highest BCUT2D eigenvalue weighted by Gasteiger charge is 2.27. The topological polar surface area (TPSA) is 84.4 Å². The van der Waals surface area contributed by atoms with E-state index in [1.54, 1.807) is 29.6 Å². The van der Waals surface area contributed by atoms with E-state index in [0.29, 0.717) is 27.2 Å². The molecule has 3 heterocycles. The monoisotopic (exact) mass is 474 g/mol. The Bertz CT molecular complexity index is 1320. The van der Waals surface area contributed by atoms with Gasteiger partial charge in [-0.2, -0.15) is 0 Å². The standard InChI is InChI=1S/C24H18N4O3S2/c1-14-6-16(8-17(7-14)18-11-25-4-5-26-18)12-28-19-9-15(2-3-20(19)31-13-22(28)29)10-21-23(30)27-24(32)33-21/h2-11H,12-13H2,1H3,(H,27,30,32). The predicted molar refractivity (Wildman–Crippen MR) is 132 cm³/mol. The maximum Gasteiger partial charge on any atom is 0.265 e. The van der Waals surface area contributed by atoms with Crippen molar-refractivity contribution in [2.45, 2.75) is 13.5 Å². The molecule has 0 saturated carbocycles. The number of amides is 2. The first kappa shape index (κ1) is 21.3. The highest BCUT2D eigenvalue weighted by atomic mass is 32.2. The molecule has 0 bridgehead atoms. The van der Waals surface area contributed by atoms with Gasteiger partial charge in [0, 0.05) is 18.0 Å². The van der Waals surface area contributed by atoms with Gasteiger partial charge in [0.1, 0.15) is 10.1 Å². The molecule has 1 N–H and O–H groups in total. The Balaban J connectivity index is 1.49. The smallest absolute Gasteiger partial charge is 0.265 e. The third-order valence-corrected chi connectivity index (χ3v) is 6.37. The van der Waals surface area contributed by atoms with E-state index in [4.69, 9.17) is 17.0 Å². The van der Waals surface area contributed by atoms with Gasteiger partial charge in [0.25, 0.3) is 11.8 Å². The van der Waals surface area contributed by atoms with E-state index in [-0.39, 0.29) is 18.4 Å². The van der Waals surface area contributed by atoms with Crippen LogP contribution in [0.4, 0.5) is 5.69 Å². The number of nitrogens with one attached hydrogen (secondary N) is 1. The molecule has 164 valence electrons. The van der Waals surface area contributed by atoms with Crippen molar-refractivity contribution in [1.82, 2.24) is 15.3 Å². The number of anilines is 1. The van der Waals surface area contributed by atoms with Crippen LogP contribution in [0.5, 0.6) is 5.75 Å². The van der Waals surface area contributed by atoms with E-state index in [1.807, 2.05) is 37.3 Å². The number of carbonyl (C=O) groups is 2. The molecule has 0 atom stereocenters. The zero-order valence-corrected chi connectivity index (χ0v) is 19.2. The van der Waals surface area contributed by atoms with Gasteiger partial charge < -0.3 is 15.0 Å². The Hall–Kier alpha value is -3.56. The Morgan fingerprint density at radius 2 is 2.09 bits per heavy atom. The van der Waals surface area contributed by atoms with E-state index < -0.39 is 0 Å². The summed E-state index contributed by atoms with van der Waals surface area (Å²) < 4.78 is 6.08. The van der Waals surface area contributed by atoms with E-state index in [2.05, 4.69) is 21.4 Å². The van der Waals surface area contributed by atoms with Crippen molar-refractivity contribution in [2.24, 2.45) is 0 Å². The summed E-state index contributed by atoms with van der Waals surface area (Å²) in [7, 11) is 0. The third-order valence-electron chi connectivity index (χ3n) is 5.20. The van der Waals surface area contributed by atoms with Crippen molar-refractivity contribution in [2.75, 3.05) is 11.5 Å². The average Bonchev–Trinajstić information content (AvgIpc) is 3.12. The normalized spacial score (nSPS) is 16.6. The number of benzene rings is 2. The Kier molecular flexibility index (Phi) is 5.65. The number of aromatic nitrogens is 2. The lowest BCUT2D eigenvalue weighted by Gasteiger charge is -2.30. The summed E-state index contributed by atoms with van der Waals surface area (Å²) in [5.41, 5.74) is 5.19. The molecule has 7 nitrogen and oxygen atoms in total. The quantitative estimate of drug-likeness (QED) is 0.454. The van der Waals surface area contributed by atoms with Gasteiger partial charge in [0.05, 0.1) is 29.0 Å². The Morgan fingerprint density at radius 3 is 2.85 bits per heavy atom. The number of carbonyl (C=O) groups excluding carboxylic acids is 2. The lowest BCUT2D eigenvalue weighted by atomic mass is 10.0. The minimum atomic E-state index is -0.219. The summed E-state index contributed by atoms with van der Waals surface area (Å²) in [6.07, 6.45) is 6.77. The van der Waals surface area contributed by atoms with Crippen LogP contribution in [0.25, 0.3) is 17.3 Å². The summed E-state index contributed by atoms with van der Waals surface area (Å²) in [5, 5.41) is 2.61. The SMILES string of the molecule is Cc1cc(CN2C(=O)COc3ccc(C=C4SC(=S)NC4=O)cc32)cc(-c2cnccn2)c1. The fourth-order valence-electron chi connectivity index (χ4n) is 3.79. The van der Waals surface area contributed by atoms with Crippen LogP contribution in [0.2, 0.25) is 0 Å². The number of nitrogens with zero attached hydrogens (tertiary/aromatic N) is 3. The summed E-state index contributed by atoms with van der Waals surface area (Å²) >= 11 is 6.28. The molecule has 2 amide bonds. The van der Waals surface area contributed by atoms with Crippen LogP contribution in [0.15, 0.2) is 59.9 Å². The minimum Gasteiger partial charge on any atom is -0.482 e. The molecule has 2 aliphatic heterocycles. The van der Waals surface area contributed by atoms with Crippen molar-refractivity contribution in [3.63, 3.8) is 0 Å². The van der Waals surface area contributed by atoms with Gasteiger partial charge >= 0.3 is 0 Å². The van der Waals surface area contributed by atoms with Crippen molar-refractivity contribution < 1.29 is 14.3 Å². The van der Waals surface area contributed by atoms with Crippen LogP contribution in [-0.4, -0.2) is 32.7 Å². The number of hydrogen-bond donors (Lipinski definition) is 1. The maximum absolute atomic E-state index is 12.8. The van der Waals surface area contributed by atoms with Crippen LogP contribution in [-0.2, 0) is 16.1 Å². The number of ether oxygens (including phenoxy) is 1. The molecule has 0 spiro atoms. The molecule has 0 unspecified atom stereocenters. The van der Waals surface area contributed by atoms with Crippen molar-refractivity contribution >= 4 is 51.9 Å². The van der Waals surface area contributed by atoms with Crippen LogP contribution in [0, 0.1) is 6.92 Å². The summed E-state index contributed by atoms with van der Waals surface area (Å²) in [6, 6.07) is 11.6. The largest absolute Gasteiger partial charge is 0.482 e. The van der Waals surface area contributed by atoms with Crippen LogP contribution < -0.4 is 15.0 Å². The molecular weight excluding hydrogens is 456 g/mol. The van der Waals surface area contributed by atoms with Gasteiger partial charge in [-0.25, -0.2) is 0 Å². The van der Waals surface area contributed by atoms with Crippen LogP contribution in [0.1, 0.15) is 16.7 Å². The lowest BCUT2D eigenvalue weighted by molar-refractivity contribution is -0.121. The molecule has 0 aliphatic carbocycles. The van der Waals surface area contributed by atoms with Gasteiger partial charge in [0.15, 0.2) is 6.61 Å². The molecule has 1 fully saturated rings. The number of hydrogen-bond acceptors (Lipinski definition) is 7. The van der Waals surface area contributed by atoms with Crippen molar-refractivity contribution in [3.8, 4) is 17.0 Å². The number of thiocarbonyl (C=S) groups is 1. The first-order valence-corrected chi connectivity index (χ1v) is 11.4. The zero-order valence-electron chi connectivity index (χ0n) is 17.6. The highest BCUT2D eigenvalue weighted by Crippen LogP contribution is 2.36. The number of fused-ring (bicyclic) bond motifs is 1. The maximum atomic E-state index is 12.8. The fraction of sp³-hybridized carbons (Fsp3) is 0.125. The lowest BCUT2D eigenvalue weighted by Crippen LogP contribution is -2.38. The molecular formula is C24H18N4O3S2. The predicted octanol–water partition coefficient (Wildman–Crippen LogP) is 3.87. The fourth-order valence-corrected chi connectivity index (χ4v) is 4.83. The Labute approximate surface area is 199 Å². The number of aryl methyl sites for hydroxylation is 1. The van der Waals surface area contributed by atoms with E-state index in [9.17, 15) is 9.59 Å². The summed E-state index contributed by atoms with van der Waals surface area (Å²) in [4.78, 5) is 35.6. The van der Waals surface area contributed by atoms with Gasteiger partial charge in [0.2, 0.25) is 0 Å². The summed E-state index contributed by atoms with van der Waals surface area (Å²) in [6.45, 7) is 2.36. The van der Waals surface area contributed by atoms with Gasteiger partial charge in [-0.05, 0) is 48.4 Å². The van der Waals surface area contributed by atoms with E-state index in [0.717, 1.165) is 27.9 Å². The molecule has 1 aromatic heterocycles. The molecule has 2 aliphatic rings. The first-order valence-electron chi connectivity index (χ1n) is 10.2. The highest BCUT2D eigenvalue weighted by molar-refractivity contribution is 8.26. The van der Waals surface area contributed by atoms with Crippen molar-refractivity contribution in [1.29, 1.82) is 0 Å². The van der Waals surface area contributed by atoms with Gasteiger partial charge in [-0.15, -0.1) is 0 Å². The van der Waals surface area contributed by atoms with E-state index >= 15 is 0 Å². The zero-order chi connectivity index (χ0) is 22.9. The minimum absolute atomic E-state index is 0.0250. The number of rotatable bonds is 4. The van der Waals surface area contributed by atoms with Gasteiger partial charge in [-0.1, -0.05) is 41.7 Å². The summed E-state index contributed by atoms with van der Waals surface area (Å²) in [5.74, 6) is 0.268. The first-order chi connectivity index (χ1) is 16.0. The Morgan fingerprint density at radius 1 is 1.21 bits per heavy atom. The molecule has 5 rings (SSSR count). The van der Waals surface area contributed by atoms with Crippen LogP contribution >= 0.6 is 24.0 Å². The van der Waals surface area contributed by atoms with Crippen LogP contribution in [0.3, 0.4) is 0 Å². The molecule has 0 radical (unpaired) electrons. The molecule has 3 aromatic rings. The molecule has 2 aromatic carbocycles.